The van der Waals surface area contributed by atoms with Gasteiger partial charge >= 0.3 is 0 Å². The van der Waals surface area contributed by atoms with E-state index in [1.807, 2.05) is 29.1 Å². The molecular weight excluding hydrogens is 224 g/mol. The second-order valence-corrected chi connectivity index (χ2v) is 5.80. The van der Waals surface area contributed by atoms with Gasteiger partial charge in [-0.1, -0.05) is 19.9 Å². The zero-order chi connectivity index (χ0) is 12.8. The second-order valence-electron chi connectivity index (χ2n) is 5.80. The van der Waals surface area contributed by atoms with E-state index in [-0.39, 0.29) is 11.5 Å². The molecule has 1 atom stereocenters. The highest BCUT2D eigenvalue weighted by Gasteiger charge is 2.33. The molecule has 0 unspecified atom stereocenters. The number of hydrogen-bond acceptors (Lipinski definition) is 3. The van der Waals surface area contributed by atoms with Crippen LogP contribution in [0.1, 0.15) is 37.6 Å². The maximum absolute atomic E-state index is 6.24. The highest BCUT2D eigenvalue weighted by molar-refractivity contribution is 5.33. The molecule has 2 N–H and O–H groups in total. The van der Waals surface area contributed by atoms with Crippen molar-refractivity contribution in [1.82, 2.24) is 14.8 Å². The van der Waals surface area contributed by atoms with E-state index in [9.17, 15) is 0 Å². The molecule has 0 amide bonds. The van der Waals surface area contributed by atoms with Crippen LogP contribution in [0.25, 0.3) is 5.82 Å². The summed E-state index contributed by atoms with van der Waals surface area (Å²) >= 11 is 0. The smallest absolute Gasteiger partial charge is 0.153 e. The lowest BCUT2D eigenvalue weighted by Gasteiger charge is -2.33. The zero-order valence-corrected chi connectivity index (χ0v) is 10.8. The number of nitrogens with zero attached hydrogens (tertiary/aromatic N) is 3. The molecule has 0 spiro atoms. The summed E-state index contributed by atoms with van der Waals surface area (Å²) < 4.78 is 1.93. The Kier molecular flexibility index (Phi) is 2.48. The van der Waals surface area contributed by atoms with Crippen LogP contribution >= 0.6 is 0 Å². The number of hydrogen-bond donors (Lipinski definition) is 1. The van der Waals surface area contributed by atoms with Crippen LogP contribution < -0.4 is 5.73 Å². The van der Waals surface area contributed by atoms with Crippen LogP contribution in [-0.4, -0.2) is 14.8 Å². The quantitative estimate of drug-likeness (QED) is 0.834. The van der Waals surface area contributed by atoms with Gasteiger partial charge in [-0.25, -0.2) is 9.67 Å². The Hall–Kier alpha value is -1.68. The first-order valence-corrected chi connectivity index (χ1v) is 6.31. The molecule has 94 valence electrons. The van der Waals surface area contributed by atoms with E-state index in [1.54, 1.807) is 6.20 Å². The average Bonchev–Trinajstić information content (AvgIpc) is 2.72. The largest absolute Gasteiger partial charge is 0.324 e. The van der Waals surface area contributed by atoms with Gasteiger partial charge < -0.3 is 5.73 Å². The molecule has 2 aromatic rings. The number of fused-ring (bicyclic) bond motifs is 1. The zero-order valence-electron chi connectivity index (χ0n) is 10.8. The Morgan fingerprint density at radius 2 is 2.22 bits per heavy atom. The molecule has 0 saturated heterocycles. The lowest BCUT2D eigenvalue weighted by molar-refractivity contribution is 0.277. The first-order valence-electron chi connectivity index (χ1n) is 6.31. The van der Waals surface area contributed by atoms with Gasteiger partial charge in [-0.15, -0.1) is 0 Å². The maximum Gasteiger partial charge on any atom is 0.153 e. The van der Waals surface area contributed by atoms with Crippen LogP contribution in [0, 0.1) is 5.41 Å². The molecule has 0 fully saturated rings. The van der Waals surface area contributed by atoms with Gasteiger partial charge in [0.1, 0.15) is 0 Å². The average molecular weight is 242 g/mol. The first kappa shape index (κ1) is 11.4. The van der Waals surface area contributed by atoms with E-state index in [1.165, 1.54) is 11.3 Å². The summed E-state index contributed by atoms with van der Waals surface area (Å²) in [5.74, 6) is 0.864. The van der Waals surface area contributed by atoms with Crippen LogP contribution in [0.15, 0.2) is 30.6 Å². The Morgan fingerprint density at radius 3 is 2.94 bits per heavy atom. The van der Waals surface area contributed by atoms with Gasteiger partial charge in [0, 0.05) is 17.8 Å². The van der Waals surface area contributed by atoms with Gasteiger partial charge in [0.05, 0.1) is 11.9 Å². The van der Waals surface area contributed by atoms with Crippen molar-refractivity contribution < 1.29 is 0 Å². The molecule has 3 rings (SSSR count). The molecule has 4 nitrogen and oxygen atoms in total. The van der Waals surface area contributed by atoms with Gasteiger partial charge in [-0.05, 0) is 30.4 Å². The van der Waals surface area contributed by atoms with Gasteiger partial charge in [0.15, 0.2) is 5.82 Å². The third-order valence-electron chi connectivity index (χ3n) is 3.59. The normalized spacial score (nSPS) is 21.6. The van der Waals surface area contributed by atoms with E-state index in [4.69, 9.17) is 5.73 Å². The molecule has 18 heavy (non-hydrogen) atoms. The fourth-order valence-electron chi connectivity index (χ4n) is 2.78. The predicted molar refractivity (Wildman–Crippen MR) is 70.4 cm³/mol. The second kappa shape index (κ2) is 3.92. The molecular formula is C14H18N4. The lowest BCUT2D eigenvalue weighted by atomic mass is 9.75. The summed E-state index contributed by atoms with van der Waals surface area (Å²) in [5, 5.41) is 4.46. The summed E-state index contributed by atoms with van der Waals surface area (Å²) in [4.78, 5) is 4.36. The Balaban J connectivity index is 2.10. The lowest BCUT2D eigenvalue weighted by Crippen LogP contribution is -2.30. The molecule has 0 bridgehead atoms. The SMILES string of the molecule is CC1(C)Cc2c(cnn2-c2ccccn2)[C@@H](N)C1. The standard InChI is InChI=1S/C14H18N4/c1-14(2)7-11(15)10-9-17-18(12(10)8-14)13-5-3-4-6-16-13/h3-6,9,11H,7-8,15H2,1-2H3/t11-/m0/s1. The molecule has 1 aliphatic rings. The minimum atomic E-state index is 0.0845. The van der Waals surface area contributed by atoms with E-state index in [0.717, 1.165) is 18.7 Å². The van der Waals surface area contributed by atoms with Crippen LogP contribution in [0.3, 0.4) is 0 Å². The fraction of sp³-hybridized carbons (Fsp3) is 0.429. The fourth-order valence-corrected chi connectivity index (χ4v) is 2.78. The van der Waals surface area contributed by atoms with Crippen molar-refractivity contribution in [2.45, 2.75) is 32.7 Å². The molecule has 2 aromatic heterocycles. The molecule has 0 aliphatic heterocycles. The number of aromatic nitrogens is 3. The Bertz CT molecular complexity index is 556. The number of pyridine rings is 1. The highest BCUT2D eigenvalue weighted by Crippen LogP contribution is 2.39. The molecule has 2 heterocycles. The van der Waals surface area contributed by atoms with Crippen LogP contribution in [0.5, 0.6) is 0 Å². The maximum atomic E-state index is 6.24. The van der Waals surface area contributed by atoms with E-state index in [2.05, 4.69) is 23.9 Å². The van der Waals surface area contributed by atoms with E-state index >= 15 is 0 Å². The molecule has 0 saturated carbocycles. The summed E-state index contributed by atoms with van der Waals surface area (Å²) in [6.45, 7) is 4.51. The number of rotatable bonds is 1. The van der Waals surface area contributed by atoms with Crippen LogP contribution in [-0.2, 0) is 6.42 Å². The summed E-state index contributed by atoms with van der Waals surface area (Å²) in [6, 6.07) is 5.95. The Labute approximate surface area is 107 Å². The topological polar surface area (TPSA) is 56.7 Å². The van der Waals surface area contributed by atoms with Crippen LogP contribution in [0.4, 0.5) is 0 Å². The van der Waals surface area contributed by atoms with E-state index < -0.39 is 0 Å². The van der Waals surface area contributed by atoms with Crippen molar-refractivity contribution in [3.8, 4) is 5.82 Å². The summed E-state index contributed by atoms with van der Waals surface area (Å²) in [7, 11) is 0. The number of nitrogens with two attached hydrogens (primary N) is 1. The summed E-state index contributed by atoms with van der Waals surface area (Å²) in [6.07, 6.45) is 5.68. The van der Waals surface area contributed by atoms with Crippen molar-refractivity contribution in [2.24, 2.45) is 11.1 Å². The molecule has 0 radical (unpaired) electrons. The van der Waals surface area contributed by atoms with Gasteiger partial charge in [0.25, 0.3) is 0 Å². The van der Waals surface area contributed by atoms with Crippen molar-refractivity contribution in [1.29, 1.82) is 0 Å². The van der Waals surface area contributed by atoms with Gasteiger partial charge in [-0.3, -0.25) is 0 Å². The first-order chi connectivity index (χ1) is 8.57. The molecule has 4 heteroatoms. The third-order valence-corrected chi connectivity index (χ3v) is 3.59. The molecule has 1 aliphatic carbocycles. The highest BCUT2D eigenvalue weighted by atomic mass is 15.3. The third kappa shape index (κ3) is 1.82. The van der Waals surface area contributed by atoms with E-state index in [0.29, 0.717) is 0 Å². The van der Waals surface area contributed by atoms with Crippen molar-refractivity contribution in [3.05, 3.63) is 41.9 Å². The van der Waals surface area contributed by atoms with Gasteiger partial charge in [-0.2, -0.15) is 5.10 Å². The minimum Gasteiger partial charge on any atom is -0.324 e. The summed E-state index contributed by atoms with van der Waals surface area (Å²) in [5.41, 5.74) is 8.83. The predicted octanol–water partition coefficient (Wildman–Crippen LogP) is 2.24. The minimum absolute atomic E-state index is 0.0845. The molecule has 0 aromatic carbocycles. The van der Waals surface area contributed by atoms with Crippen molar-refractivity contribution in [2.75, 3.05) is 0 Å². The monoisotopic (exact) mass is 242 g/mol. The van der Waals surface area contributed by atoms with Crippen LogP contribution in [0.2, 0.25) is 0 Å². The van der Waals surface area contributed by atoms with Crippen molar-refractivity contribution in [3.63, 3.8) is 0 Å². The van der Waals surface area contributed by atoms with Crippen molar-refractivity contribution >= 4 is 0 Å². The van der Waals surface area contributed by atoms with Gasteiger partial charge in [0.2, 0.25) is 0 Å². The Morgan fingerprint density at radius 1 is 1.39 bits per heavy atom.